The molecule has 6 heteroatoms. The molecule has 1 amide bonds. The number of carbonyl (C=O) groups excluding carboxylic acids is 1. The highest BCUT2D eigenvalue weighted by molar-refractivity contribution is 9.10. The van der Waals surface area contributed by atoms with Crippen molar-refractivity contribution >= 4 is 45.0 Å². The fraction of sp³-hybridized carbons (Fsp3) is 0.154. The molecule has 0 N–H and O–H groups in total. The minimum atomic E-state index is -0.142. The van der Waals surface area contributed by atoms with E-state index in [2.05, 4.69) is 15.9 Å². The average Bonchev–Trinajstić information content (AvgIpc) is 2.73. The average molecular weight is 363 g/mol. The second kappa shape index (κ2) is 5.99. The van der Waals surface area contributed by atoms with E-state index in [-0.39, 0.29) is 5.91 Å². The molecule has 0 radical (unpaired) electrons. The van der Waals surface area contributed by atoms with Crippen molar-refractivity contribution in [2.45, 2.75) is 6.54 Å². The number of hydrogen-bond acceptors (Lipinski definition) is 2. The second-order valence-corrected chi connectivity index (χ2v) is 5.64. The van der Waals surface area contributed by atoms with Crippen molar-refractivity contribution < 1.29 is 9.21 Å². The number of rotatable bonds is 3. The predicted molar refractivity (Wildman–Crippen MR) is 78.7 cm³/mol. The van der Waals surface area contributed by atoms with E-state index >= 15 is 0 Å². The normalized spacial score (nSPS) is 10.5. The summed E-state index contributed by atoms with van der Waals surface area (Å²) in [5, 5.41) is 1.10. The molecule has 0 fully saturated rings. The van der Waals surface area contributed by atoms with Crippen molar-refractivity contribution in [1.29, 1.82) is 0 Å². The van der Waals surface area contributed by atoms with Gasteiger partial charge in [0.05, 0.1) is 11.8 Å². The van der Waals surface area contributed by atoms with E-state index in [1.165, 1.54) is 6.26 Å². The van der Waals surface area contributed by atoms with Gasteiger partial charge in [-0.25, -0.2) is 0 Å². The van der Waals surface area contributed by atoms with Crippen molar-refractivity contribution in [3.05, 3.63) is 56.4 Å². The Bertz CT molecular complexity index is 592. The van der Waals surface area contributed by atoms with E-state index in [1.54, 1.807) is 36.2 Å². The Morgan fingerprint density at radius 1 is 1.32 bits per heavy atom. The zero-order valence-electron chi connectivity index (χ0n) is 9.99. The first-order valence-electron chi connectivity index (χ1n) is 5.41. The summed E-state index contributed by atoms with van der Waals surface area (Å²) >= 11 is 15.0. The molecule has 2 aromatic rings. The Morgan fingerprint density at radius 3 is 2.47 bits per heavy atom. The van der Waals surface area contributed by atoms with E-state index in [9.17, 15) is 4.79 Å². The van der Waals surface area contributed by atoms with E-state index in [4.69, 9.17) is 27.6 Å². The van der Waals surface area contributed by atoms with Crippen LogP contribution in [0.1, 0.15) is 15.9 Å². The van der Waals surface area contributed by atoms with Crippen LogP contribution in [0.4, 0.5) is 0 Å². The van der Waals surface area contributed by atoms with Gasteiger partial charge in [-0.05, 0) is 45.8 Å². The third-order valence-electron chi connectivity index (χ3n) is 2.54. The van der Waals surface area contributed by atoms with Crippen LogP contribution in [0.2, 0.25) is 10.0 Å². The SMILES string of the molecule is CN(Cc1cc(Cl)cc(Cl)c1)C(=O)c1ccoc1Br. The Balaban J connectivity index is 2.15. The molecule has 1 aromatic heterocycles. The van der Waals surface area contributed by atoms with Gasteiger partial charge in [-0.15, -0.1) is 0 Å². The summed E-state index contributed by atoms with van der Waals surface area (Å²) in [7, 11) is 1.70. The van der Waals surface area contributed by atoms with Gasteiger partial charge in [0.15, 0.2) is 4.67 Å². The minimum Gasteiger partial charge on any atom is -0.457 e. The maximum atomic E-state index is 12.2. The third-order valence-corrected chi connectivity index (χ3v) is 3.59. The molecular weight excluding hydrogens is 353 g/mol. The molecule has 0 saturated carbocycles. The number of furan rings is 1. The molecule has 19 heavy (non-hydrogen) atoms. The van der Waals surface area contributed by atoms with Gasteiger partial charge in [0.1, 0.15) is 0 Å². The first-order valence-corrected chi connectivity index (χ1v) is 6.95. The van der Waals surface area contributed by atoms with Gasteiger partial charge < -0.3 is 9.32 Å². The number of hydrogen-bond donors (Lipinski definition) is 0. The number of benzene rings is 1. The smallest absolute Gasteiger partial charge is 0.258 e. The molecular formula is C13H10BrCl2NO2. The van der Waals surface area contributed by atoms with Crippen molar-refractivity contribution in [3.8, 4) is 0 Å². The highest BCUT2D eigenvalue weighted by Crippen LogP contribution is 2.22. The zero-order chi connectivity index (χ0) is 14.0. The molecule has 1 heterocycles. The molecule has 0 bridgehead atoms. The van der Waals surface area contributed by atoms with Crippen LogP contribution < -0.4 is 0 Å². The summed E-state index contributed by atoms with van der Waals surface area (Å²) in [6.45, 7) is 0.413. The van der Waals surface area contributed by atoms with Gasteiger partial charge >= 0.3 is 0 Å². The Labute approximate surface area is 129 Å². The molecule has 3 nitrogen and oxygen atoms in total. The lowest BCUT2D eigenvalue weighted by Crippen LogP contribution is -2.26. The third kappa shape index (κ3) is 3.53. The highest BCUT2D eigenvalue weighted by atomic mass is 79.9. The van der Waals surface area contributed by atoms with Gasteiger partial charge in [-0.1, -0.05) is 23.2 Å². The first kappa shape index (κ1) is 14.4. The fourth-order valence-electron chi connectivity index (χ4n) is 1.70. The van der Waals surface area contributed by atoms with Crippen LogP contribution in [0.3, 0.4) is 0 Å². The topological polar surface area (TPSA) is 33.5 Å². The predicted octanol–water partition coefficient (Wildman–Crippen LogP) is 4.62. The Kier molecular flexibility index (Phi) is 4.55. The molecule has 0 aliphatic rings. The number of halogens is 3. The minimum absolute atomic E-state index is 0.142. The zero-order valence-corrected chi connectivity index (χ0v) is 13.1. The maximum absolute atomic E-state index is 12.2. The van der Waals surface area contributed by atoms with Crippen molar-refractivity contribution in [2.24, 2.45) is 0 Å². The molecule has 0 spiro atoms. The Hall–Kier alpha value is -0.970. The molecule has 2 rings (SSSR count). The highest BCUT2D eigenvalue weighted by Gasteiger charge is 2.17. The Morgan fingerprint density at radius 2 is 1.95 bits per heavy atom. The first-order chi connectivity index (χ1) is 8.97. The second-order valence-electron chi connectivity index (χ2n) is 4.05. The number of nitrogens with zero attached hydrogens (tertiary/aromatic N) is 1. The van der Waals surface area contributed by atoms with Gasteiger partial charge in [-0.2, -0.15) is 0 Å². The van der Waals surface area contributed by atoms with Gasteiger partial charge in [0.25, 0.3) is 5.91 Å². The largest absolute Gasteiger partial charge is 0.457 e. The van der Waals surface area contributed by atoms with Crippen molar-refractivity contribution in [2.75, 3.05) is 7.05 Å². The quantitative estimate of drug-likeness (QED) is 0.798. The van der Waals surface area contributed by atoms with Crippen LogP contribution in [0, 0.1) is 0 Å². The van der Waals surface area contributed by atoms with Crippen molar-refractivity contribution in [3.63, 3.8) is 0 Å². The standard InChI is InChI=1S/C13H10BrCl2NO2/c1-17(13(18)11-2-3-19-12(11)14)7-8-4-9(15)6-10(16)5-8/h2-6H,7H2,1H3. The summed E-state index contributed by atoms with van der Waals surface area (Å²) in [5.74, 6) is -0.142. The molecule has 0 aliphatic heterocycles. The summed E-state index contributed by atoms with van der Waals surface area (Å²) < 4.78 is 5.48. The molecule has 1 aromatic carbocycles. The van der Waals surface area contributed by atoms with E-state index in [0.717, 1.165) is 5.56 Å². The van der Waals surface area contributed by atoms with Gasteiger partial charge in [0, 0.05) is 23.6 Å². The van der Waals surface area contributed by atoms with E-state index in [1.807, 2.05) is 0 Å². The molecule has 0 atom stereocenters. The monoisotopic (exact) mass is 361 g/mol. The lowest BCUT2D eigenvalue weighted by Gasteiger charge is -2.17. The molecule has 0 saturated heterocycles. The van der Waals surface area contributed by atoms with E-state index < -0.39 is 0 Å². The lowest BCUT2D eigenvalue weighted by atomic mass is 10.2. The van der Waals surface area contributed by atoms with Crippen LogP contribution in [0.5, 0.6) is 0 Å². The van der Waals surface area contributed by atoms with Gasteiger partial charge in [-0.3, -0.25) is 4.79 Å². The van der Waals surface area contributed by atoms with Gasteiger partial charge in [0.2, 0.25) is 0 Å². The van der Waals surface area contributed by atoms with Crippen LogP contribution >= 0.6 is 39.1 Å². The summed E-state index contributed by atoms with van der Waals surface area (Å²) in [4.78, 5) is 13.7. The maximum Gasteiger partial charge on any atom is 0.258 e. The van der Waals surface area contributed by atoms with E-state index in [0.29, 0.717) is 26.8 Å². The summed E-state index contributed by atoms with van der Waals surface area (Å²) in [6.07, 6.45) is 1.46. The molecule has 0 unspecified atom stereocenters. The van der Waals surface area contributed by atoms with Crippen LogP contribution in [0.15, 0.2) is 39.6 Å². The fourth-order valence-corrected chi connectivity index (χ4v) is 2.68. The number of carbonyl (C=O) groups is 1. The summed E-state index contributed by atoms with van der Waals surface area (Å²) in [6, 6.07) is 6.83. The van der Waals surface area contributed by atoms with Crippen molar-refractivity contribution in [1.82, 2.24) is 4.90 Å². The molecule has 0 aliphatic carbocycles. The lowest BCUT2D eigenvalue weighted by molar-refractivity contribution is 0.0783. The van der Waals surface area contributed by atoms with Crippen LogP contribution in [0.25, 0.3) is 0 Å². The van der Waals surface area contributed by atoms with Crippen LogP contribution in [-0.2, 0) is 6.54 Å². The van der Waals surface area contributed by atoms with Crippen LogP contribution in [-0.4, -0.2) is 17.9 Å². The number of amides is 1. The summed E-state index contributed by atoms with van der Waals surface area (Å²) in [5.41, 5.74) is 1.35. The molecule has 100 valence electrons.